The van der Waals surface area contributed by atoms with Crippen LogP contribution in [0.5, 0.6) is 0 Å². The average molecular weight is 278 g/mol. The van der Waals surface area contributed by atoms with Gasteiger partial charge in [0, 0.05) is 13.2 Å². The molecule has 0 fully saturated rings. The second-order valence-corrected chi connectivity index (χ2v) is 3.92. The molecule has 1 unspecified atom stereocenters. The minimum absolute atomic E-state index is 0.0543. The Morgan fingerprint density at radius 3 is 2.53 bits per heavy atom. The maximum absolute atomic E-state index is 12.7. The molecule has 0 saturated heterocycles. The molecule has 8 heteroatoms. The van der Waals surface area contributed by atoms with Gasteiger partial charge in [0.05, 0.1) is 11.7 Å². The summed E-state index contributed by atoms with van der Waals surface area (Å²) in [7, 11) is 0. The van der Waals surface area contributed by atoms with Crippen LogP contribution in [0.2, 0.25) is 0 Å². The molecule has 19 heavy (non-hydrogen) atoms. The zero-order valence-electron chi connectivity index (χ0n) is 10.7. The van der Waals surface area contributed by atoms with E-state index < -0.39 is 11.7 Å². The van der Waals surface area contributed by atoms with Crippen LogP contribution < -0.4 is 16.6 Å². The van der Waals surface area contributed by atoms with Crippen molar-refractivity contribution in [2.45, 2.75) is 26.1 Å². The molecule has 1 aromatic heterocycles. The number of nitrogens with two attached hydrogens (primary N) is 1. The van der Waals surface area contributed by atoms with Crippen molar-refractivity contribution in [2.24, 2.45) is 5.84 Å². The van der Waals surface area contributed by atoms with Crippen LogP contribution in [-0.4, -0.2) is 24.2 Å². The van der Waals surface area contributed by atoms with Crippen molar-refractivity contribution in [3.05, 3.63) is 17.7 Å². The highest BCUT2D eigenvalue weighted by molar-refractivity contribution is 5.49. The molecule has 0 aromatic carbocycles. The van der Waals surface area contributed by atoms with Crippen LogP contribution in [0, 0.1) is 0 Å². The summed E-state index contributed by atoms with van der Waals surface area (Å²) < 4.78 is 43.2. The molecule has 1 heterocycles. The predicted molar refractivity (Wildman–Crippen MR) is 66.6 cm³/mol. The first-order valence-corrected chi connectivity index (χ1v) is 5.78. The molecule has 1 rings (SSSR count). The summed E-state index contributed by atoms with van der Waals surface area (Å²) in [5, 5.41) is 2.78. The number of hydrogen-bond acceptors (Lipinski definition) is 5. The molecule has 0 radical (unpaired) electrons. The lowest BCUT2D eigenvalue weighted by molar-refractivity contribution is -0.137. The van der Waals surface area contributed by atoms with Gasteiger partial charge < -0.3 is 15.5 Å². The summed E-state index contributed by atoms with van der Waals surface area (Å²) in [5.41, 5.74) is 1.29. The van der Waals surface area contributed by atoms with Gasteiger partial charge in [0.15, 0.2) is 0 Å². The van der Waals surface area contributed by atoms with Crippen molar-refractivity contribution < 1.29 is 17.9 Å². The summed E-state index contributed by atoms with van der Waals surface area (Å²) in [4.78, 5) is 3.89. The van der Waals surface area contributed by atoms with Gasteiger partial charge in [-0.1, -0.05) is 0 Å². The molecule has 0 aliphatic rings. The van der Waals surface area contributed by atoms with Crippen LogP contribution in [0.1, 0.15) is 19.4 Å². The highest BCUT2D eigenvalue weighted by atomic mass is 19.4. The van der Waals surface area contributed by atoms with Gasteiger partial charge in [-0.25, -0.2) is 10.8 Å². The minimum Gasteiger partial charge on any atom is -0.377 e. The molecular formula is C11H17F3N4O. The Morgan fingerprint density at radius 1 is 1.37 bits per heavy atom. The van der Waals surface area contributed by atoms with Crippen molar-refractivity contribution in [1.82, 2.24) is 4.98 Å². The third kappa shape index (κ3) is 4.92. The maximum Gasteiger partial charge on any atom is 0.416 e. The van der Waals surface area contributed by atoms with Gasteiger partial charge in [0.25, 0.3) is 0 Å². The molecule has 0 saturated carbocycles. The van der Waals surface area contributed by atoms with E-state index in [-0.39, 0.29) is 17.7 Å². The number of hydrazine groups is 1. The highest BCUT2D eigenvalue weighted by Gasteiger charge is 2.31. The molecule has 0 spiro atoms. The zero-order valence-corrected chi connectivity index (χ0v) is 10.7. The Morgan fingerprint density at radius 2 is 2.00 bits per heavy atom. The second kappa shape index (κ2) is 6.58. The van der Waals surface area contributed by atoms with Gasteiger partial charge in [0.2, 0.25) is 0 Å². The number of pyridine rings is 1. The Kier molecular flexibility index (Phi) is 5.37. The predicted octanol–water partition coefficient (Wildman–Crippen LogP) is 2.22. The average Bonchev–Trinajstić information content (AvgIpc) is 2.35. The Balaban J connectivity index is 2.83. The van der Waals surface area contributed by atoms with Crippen molar-refractivity contribution in [2.75, 3.05) is 23.9 Å². The van der Waals surface area contributed by atoms with E-state index in [1.54, 1.807) is 0 Å². The van der Waals surface area contributed by atoms with Gasteiger partial charge >= 0.3 is 6.18 Å². The number of nitrogens with one attached hydrogen (secondary N) is 2. The summed E-state index contributed by atoms with van der Waals surface area (Å²) in [5.74, 6) is 5.14. The maximum atomic E-state index is 12.7. The van der Waals surface area contributed by atoms with Crippen molar-refractivity contribution >= 4 is 11.6 Å². The number of ether oxygens (including phenoxy) is 1. The lowest BCUT2D eigenvalue weighted by Gasteiger charge is -2.15. The fourth-order valence-corrected chi connectivity index (χ4v) is 1.45. The SMILES string of the molecule is CCOC(C)CNc1cc(C(F)(F)F)cc(NN)n1. The van der Waals surface area contributed by atoms with Gasteiger partial charge in [-0.2, -0.15) is 13.2 Å². The summed E-state index contributed by atoms with van der Waals surface area (Å²) in [6, 6.07) is 1.77. The monoisotopic (exact) mass is 278 g/mol. The van der Waals surface area contributed by atoms with E-state index in [4.69, 9.17) is 10.6 Å². The third-order valence-corrected chi connectivity index (χ3v) is 2.32. The number of aromatic nitrogens is 1. The number of nitrogen functional groups attached to an aromatic ring is 1. The largest absolute Gasteiger partial charge is 0.416 e. The lowest BCUT2D eigenvalue weighted by Crippen LogP contribution is -2.21. The van der Waals surface area contributed by atoms with E-state index in [2.05, 4.69) is 15.7 Å². The van der Waals surface area contributed by atoms with Crippen LogP contribution >= 0.6 is 0 Å². The third-order valence-electron chi connectivity index (χ3n) is 2.32. The Bertz CT molecular complexity index is 411. The Hall–Kier alpha value is -1.54. The van der Waals surface area contributed by atoms with Crippen molar-refractivity contribution in [3.8, 4) is 0 Å². The zero-order chi connectivity index (χ0) is 14.5. The van der Waals surface area contributed by atoms with Gasteiger partial charge in [-0.15, -0.1) is 0 Å². The highest BCUT2D eigenvalue weighted by Crippen LogP contribution is 2.31. The first-order chi connectivity index (χ1) is 8.86. The van der Waals surface area contributed by atoms with Crippen LogP contribution in [0.4, 0.5) is 24.8 Å². The molecule has 4 N–H and O–H groups in total. The quantitative estimate of drug-likeness (QED) is 0.549. The molecule has 0 amide bonds. The molecule has 1 aromatic rings. The normalized spacial score (nSPS) is 13.2. The van der Waals surface area contributed by atoms with Crippen LogP contribution in [0.3, 0.4) is 0 Å². The first kappa shape index (κ1) is 15.5. The number of halogens is 3. The number of nitrogens with zero attached hydrogens (tertiary/aromatic N) is 1. The van der Waals surface area contributed by atoms with E-state index in [9.17, 15) is 13.2 Å². The second-order valence-electron chi connectivity index (χ2n) is 3.92. The summed E-state index contributed by atoms with van der Waals surface area (Å²) in [6.45, 7) is 4.54. The number of alkyl halides is 3. The molecule has 0 aliphatic carbocycles. The fraction of sp³-hybridized carbons (Fsp3) is 0.545. The van der Waals surface area contributed by atoms with Crippen molar-refractivity contribution in [1.29, 1.82) is 0 Å². The molecule has 5 nitrogen and oxygen atoms in total. The lowest BCUT2D eigenvalue weighted by atomic mass is 10.2. The fourth-order valence-electron chi connectivity index (χ4n) is 1.45. The smallest absolute Gasteiger partial charge is 0.377 e. The van der Waals surface area contributed by atoms with E-state index in [0.29, 0.717) is 13.2 Å². The van der Waals surface area contributed by atoms with Gasteiger partial charge in [0.1, 0.15) is 11.6 Å². The number of rotatable bonds is 6. The molecule has 0 bridgehead atoms. The summed E-state index contributed by atoms with van der Waals surface area (Å²) >= 11 is 0. The van der Waals surface area contributed by atoms with Gasteiger partial charge in [-0.3, -0.25) is 0 Å². The van der Waals surface area contributed by atoms with Crippen molar-refractivity contribution in [3.63, 3.8) is 0 Å². The van der Waals surface area contributed by atoms with E-state index in [1.165, 1.54) is 0 Å². The first-order valence-electron chi connectivity index (χ1n) is 5.78. The van der Waals surface area contributed by atoms with E-state index in [1.807, 2.05) is 13.8 Å². The topological polar surface area (TPSA) is 72.2 Å². The minimum atomic E-state index is -4.45. The summed E-state index contributed by atoms with van der Waals surface area (Å²) in [6.07, 6.45) is -4.58. The number of hydrogen-bond donors (Lipinski definition) is 3. The Labute approximate surface area is 109 Å². The van der Waals surface area contributed by atoms with Crippen LogP contribution in [0.15, 0.2) is 12.1 Å². The van der Waals surface area contributed by atoms with Crippen LogP contribution in [0.25, 0.3) is 0 Å². The van der Waals surface area contributed by atoms with Crippen LogP contribution in [-0.2, 0) is 10.9 Å². The molecule has 1 atom stereocenters. The molecule has 0 aliphatic heterocycles. The molecule has 108 valence electrons. The standard InChI is InChI=1S/C11H17F3N4O/c1-3-19-7(2)6-16-9-4-8(11(12,13)14)5-10(17-9)18-15/h4-5,7H,3,6,15H2,1-2H3,(H2,16,17,18). The number of anilines is 2. The van der Waals surface area contributed by atoms with E-state index in [0.717, 1.165) is 12.1 Å². The van der Waals surface area contributed by atoms with Gasteiger partial charge in [-0.05, 0) is 26.0 Å². The van der Waals surface area contributed by atoms with E-state index >= 15 is 0 Å². The molecular weight excluding hydrogens is 261 g/mol.